The maximum atomic E-state index is 3.64. The number of nitrogens with zero attached hydrogens (tertiary/aromatic N) is 1. The third-order valence-electron chi connectivity index (χ3n) is 2.75. The van der Waals surface area contributed by atoms with E-state index in [1.165, 1.54) is 32.4 Å². The molecule has 0 aromatic carbocycles. The van der Waals surface area contributed by atoms with Gasteiger partial charge in [0.2, 0.25) is 0 Å². The lowest BCUT2D eigenvalue weighted by atomic mass is 10.1. The molecule has 1 heteroatoms. The van der Waals surface area contributed by atoms with E-state index in [0.717, 1.165) is 19.4 Å². The van der Waals surface area contributed by atoms with Gasteiger partial charge in [0.25, 0.3) is 0 Å². The molecule has 15 heavy (non-hydrogen) atoms. The van der Waals surface area contributed by atoms with Crippen molar-refractivity contribution in [2.24, 2.45) is 0 Å². The first kappa shape index (κ1) is 12.3. The Morgan fingerprint density at radius 1 is 0.933 bits per heavy atom. The van der Waals surface area contributed by atoms with Crippen LogP contribution in [0.1, 0.15) is 32.1 Å². The van der Waals surface area contributed by atoms with Gasteiger partial charge >= 0.3 is 0 Å². The van der Waals surface area contributed by atoms with Gasteiger partial charge < -0.3 is 0 Å². The number of piperidine rings is 1. The highest BCUT2D eigenvalue weighted by molar-refractivity contribution is 4.98. The van der Waals surface area contributed by atoms with Gasteiger partial charge in [-0.3, -0.25) is 4.90 Å². The third kappa shape index (κ3) is 6.29. The van der Waals surface area contributed by atoms with Crippen molar-refractivity contribution in [3.05, 3.63) is 37.0 Å². The average molecular weight is 205 g/mol. The van der Waals surface area contributed by atoms with Crippen molar-refractivity contribution in [3.63, 3.8) is 0 Å². The van der Waals surface area contributed by atoms with Gasteiger partial charge in [-0.1, -0.05) is 43.4 Å². The first-order chi connectivity index (χ1) is 7.43. The van der Waals surface area contributed by atoms with E-state index >= 15 is 0 Å². The molecule has 0 radical (unpaired) electrons. The van der Waals surface area contributed by atoms with E-state index in [-0.39, 0.29) is 0 Å². The van der Waals surface area contributed by atoms with Crippen molar-refractivity contribution in [3.8, 4) is 0 Å². The molecule has 0 N–H and O–H groups in total. The minimum Gasteiger partial charge on any atom is -0.300 e. The van der Waals surface area contributed by atoms with Gasteiger partial charge in [0.1, 0.15) is 0 Å². The number of rotatable bonds is 6. The van der Waals surface area contributed by atoms with Gasteiger partial charge in [0.05, 0.1) is 0 Å². The Hall–Kier alpha value is -0.820. The Bertz CT molecular complexity index is 209. The maximum Gasteiger partial charge on any atom is 0.0163 e. The van der Waals surface area contributed by atoms with Gasteiger partial charge in [-0.2, -0.15) is 0 Å². The number of allylic oxidation sites excluding steroid dienone is 4. The Morgan fingerprint density at radius 3 is 2.40 bits per heavy atom. The lowest BCUT2D eigenvalue weighted by Crippen LogP contribution is -2.29. The fraction of sp³-hybridized carbons (Fsp3) is 0.571. The number of hydrogen-bond donors (Lipinski definition) is 0. The summed E-state index contributed by atoms with van der Waals surface area (Å²) in [4.78, 5) is 2.54. The van der Waals surface area contributed by atoms with Crippen LogP contribution in [0.25, 0.3) is 0 Å². The van der Waals surface area contributed by atoms with Gasteiger partial charge in [0.15, 0.2) is 0 Å². The molecule has 0 aromatic heterocycles. The largest absolute Gasteiger partial charge is 0.300 e. The van der Waals surface area contributed by atoms with Crippen molar-refractivity contribution < 1.29 is 0 Å². The van der Waals surface area contributed by atoms with Gasteiger partial charge in [0, 0.05) is 6.54 Å². The van der Waals surface area contributed by atoms with E-state index in [1.54, 1.807) is 0 Å². The molecular weight excluding hydrogens is 182 g/mol. The molecule has 1 aliphatic rings. The fourth-order valence-electron chi connectivity index (χ4n) is 1.87. The minimum absolute atomic E-state index is 1.13. The van der Waals surface area contributed by atoms with Crippen molar-refractivity contribution in [1.29, 1.82) is 0 Å². The van der Waals surface area contributed by atoms with E-state index in [4.69, 9.17) is 0 Å². The summed E-state index contributed by atoms with van der Waals surface area (Å²) in [7, 11) is 0. The molecule has 0 unspecified atom stereocenters. The van der Waals surface area contributed by atoms with Crippen molar-refractivity contribution in [2.45, 2.75) is 32.1 Å². The molecule has 0 atom stereocenters. The van der Waals surface area contributed by atoms with Crippen LogP contribution in [0.15, 0.2) is 37.0 Å². The van der Waals surface area contributed by atoms with E-state index in [2.05, 4.69) is 29.7 Å². The molecule has 1 fully saturated rings. The molecule has 0 spiro atoms. The van der Waals surface area contributed by atoms with Crippen LogP contribution in [-0.2, 0) is 0 Å². The van der Waals surface area contributed by atoms with Crippen molar-refractivity contribution in [1.82, 2.24) is 4.90 Å². The molecule has 1 rings (SSSR count). The zero-order valence-corrected chi connectivity index (χ0v) is 9.70. The van der Waals surface area contributed by atoms with Gasteiger partial charge in [-0.25, -0.2) is 0 Å². The second-order valence-corrected chi connectivity index (χ2v) is 4.07. The van der Waals surface area contributed by atoms with Crippen molar-refractivity contribution >= 4 is 0 Å². The predicted octanol–water partition coefficient (Wildman–Crippen LogP) is 3.55. The number of hydrogen-bond acceptors (Lipinski definition) is 1. The normalized spacial score (nSPS) is 18.9. The van der Waals surface area contributed by atoms with Crippen LogP contribution in [0.4, 0.5) is 0 Å². The van der Waals surface area contributed by atoms with E-state index in [0.29, 0.717) is 0 Å². The Morgan fingerprint density at radius 2 is 1.67 bits per heavy atom. The summed E-state index contributed by atoms with van der Waals surface area (Å²) in [5.74, 6) is 0. The molecule has 0 saturated carbocycles. The molecule has 0 bridgehead atoms. The summed E-state index contributed by atoms with van der Waals surface area (Å²) >= 11 is 0. The molecule has 0 aromatic rings. The summed E-state index contributed by atoms with van der Waals surface area (Å²) in [5, 5.41) is 0. The van der Waals surface area contributed by atoms with Crippen LogP contribution >= 0.6 is 0 Å². The molecule has 1 saturated heterocycles. The van der Waals surface area contributed by atoms with Crippen LogP contribution in [0.2, 0.25) is 0 Å². The van der Waals surface area contributed by atoms with E-state index in [9.17, 15) is 0 Å². The maximum absolute atomic E-state index is 3.64. The van der Waals surface area contributed by atoms with Crippen LogP contribution in [-0.4, -0.2) is 24.5 Å². The Labute approximate surface area is 94.2 Å². The zero-order valence-electron chi connectivity index (χ0n) is 9.70. The number of likely N-dealkylation sites (tertiary alicyclic amines) is 1. The highest BCUT2D eigenvalue weighted by Gasteiger charge is 2.06. The summed E-state index contributed by atoms with van der Waals surface area (Å²) in [6.45, 7) is 7.37. The highest BCUT2D eigenvalue weighted by atomic mass is 15.1. The first-order valence-electron chi connectivity index (χ1n) is 6.08. The highest BCUT2D eigenvalue weighted by Crippen LogP contribution is 2.08. The summed E-state index contributed by atoms with van der Waals surface area (Å²) in [6, 6.07) is 0. The summed E-state index contributed by atoms with van der Waals surface area (Å²) in [6.07, 6.45) is 17.1. The van der Waals surface area contributed by atoms with Crippen LogP contribution < -0.4 is 0 Å². The molecule has 84 valence electrons. The monoisotopic (exact) mass is 205 g/mol. The first-order valence-corrected chi connectivity index (χ1v) is 6.08. The summed E-state index contributed by atoms with van der Waals surface area (Å²) in [5.41, 5.74) is 0. The average Bonchev–Trinajstić information content (AvgIpc) is 2.29. The Balaban J connectivity index is 2.00. The topological polar surface area (TPSA) is 3.24 Å². The molecule has 1 aliphatic heterocycles. The predicted molar refractivity (Wildman–Crippen MR) is 68.0 cm³/mol. The molecule has 0 aliphatic carbocycles. The van der Waals surface area contributed by atoms with Gasteiger partial charge in [-0.15, -0.1) is 0 Å². The Kier molecular flexibility index (Phi) is 6.93. The molecular formula is C14H23N. The smallest absolute Gasteiger partial charge is 0.0163 e. The summed E-state index contributed by atoms with van der Waals surface area (Å²) < 4.78 is 0. The molecule has 1 nitrogen and oxygen atoms in total. The van der Waals surface area contributed by atoms with Crippen LogP contribution in [0.5, 0.6) is 0 Å². The third-order valence-corrected chi connectivity index (χ3v) is 2.75. The van der Waals surface area contributed by atoms with E-state index in [1.807, 2.05) is 12.2 Å². The fourth-order valence-corrected chi connectivity index (χ4v) is 1.87. The lowest BCUT2D eigenvalue weighted by Gasteiger charge is -2.24. The SMILES string of the molecule is C=CC=CCCC=CCN1CCCCC1. The van der Waals surface area contributed by atoms with Crippen LogP contribution in [0, 0.1) is 0 Å². The second kappa shape index (κ2) is 8.49. The standard InChI is InChI=1S/C14H23N/c1-2-3-4-5-6-7-9-12-15-13-10-8-11-14-15/h2-4,7,9H,1,5-6,8,10-14H2. The zero-order chi connectivity index (χ0) is 10.8. The van der Waals surface area contributed by atoms with Gasteiger partial charge in [-0.05, 0) is 38.8 Å². The minimum atomic E-state index is 1.13. The van der Waals surface area contributed by atoms with E-state index < -0.39 is 0 Å². The molecule has 0 amide bonds. The number of unbranched alkanes of at least 4 members (excludes halogenated alkanes) is 1. The van der Waals surface area contributed by atoms with Crippen molar-refractivity contribution in [2.75, 3.05) is 19.6 Å². The quantitative estimate of drug-likeness (QED) is 0.364. The van der Waals surface area contributed by atoms with Crippen LogP contribution in [0.3, 0.4) is 0 Å². The second-order valence-electron chi connectivity index (χ2n) is 4.07. The molecule has 1 heterocycles. The lowest BCUT2D eigenvalue weighted by molar-refractivity contribution is 0.251.